The summed E-state index contributed by atoms with van der Waals surface area (Å²) >= 11 is 3.39. The van der Waals surface area contributed by atoms with E-state index in [9.17, 15) is 9.59 Å². The van der Waals surface area contributed by atoms with Crippen molar-refractivity contribution in [2.75, 3.05) is 0 Å². The van der Waals surface area contributed by atoms with Gasteiger partial charge < -0.3 is 10.4 Å². The Morgan fingerprint density at radius 3 is 2.55 bits per heavy atom. The molecular formula is C15H18BrNO3. The molecule has 4 nitrogen and oxygen atoms in total. The summed E-state index contributed by atoms with van der Waals surface area (Å²) in [5, 5.41) is 11.7. The van der Waals surface area contributed by atoms with E-state index < -0.39 is 11.9 Å². The van der Waals surface area contributed by atoms with E-state index in [4.69, 9.17) is 5.11 Å². The Hall–Kier alpha value is -1.36. The topological polar surface area (TPSA) is 66.4 Å². The predicted octanol–water partition coefficient (Wildman–Crippen LogP) is 2.61. The molecule has 1 saturated carbocycles. The molecule has 1 aliphatic carbocycles. The summed E-state index contributed by atoms with van der Waals surface area (Å²) in [6.07, 6.45) is 2.21. The molecule has 0 heterocycles. The number of carbonyl (C=O) groups is 2. The molecule has 2 rings (SSSR count). The van der Waals surface area contributed by atoms with Gasteiger partial charge in [-0.1, -0.05) is 28.1 Å². The Balaban J connectivity index is 1.73. The van der Waals surface area contributed by atoms with Gasteiger partial charge in [0.1, 0.15) is 0 Å². The van der Waals surface area contributed by atoms with Crippen LogP contribution in [-0.4, -0.2) is 23.0 Å². The number of halogens is 1. The van der Waals surface area contributed by atoms with E-state index in [0.29, 0.717) is 6.42 Å². The molecule has 0 saturated heterocycles. The molecule has 5 heteroatoms. The van der Waals surface area contributed by atoms with Gasteiger partial charge >= 0.3 is 5.97 Å². The average Bonchev–Trinajstić information content (AvgIpc) is 3.18. The molecule has 108 valence electrons. The SMILES string of the molecule is CC(CCc1ccc(Br)cc1)NC(=O)C1CC1C(=O)O. The third-order valence-corrected chi connectivity index (χ3v) is 4.14. The molecule has 3 unspecified atom stereocenters. The number of aryl methyl sites for hydroxylation is 1. The van der Waals surface area contributed by atoms with E-state index in [0.717, 1.165) is 17.3 Å². The van der Waals surface area contributed by atoms with Crippen molar-refractivity contribution in [2.45, 2.75) is 32.2 Å². The highest BCUT2D eigenvalue weighted by Gasteiger charge is 2.48. The zero-order valence-electron chi connectivity index (χ0n) is 11.3. The van der Waals surface area contributed by atoms with Crippen LogP contribution in [0, 0.1) is 11.8 Å². The van der Waals surface area contributed by atoms with Crippen molar-refractivity contribution in [1.82, 2.24) is 5.32 Å². The van der Waals surface area contributed by atoms with Crippen LogP contribution in [0.5, 0.6) is 0 Å². The van der Waals surface area contributed by atoms with Gasteiger partial charge in [-0.25, -0.2) is 0 Å². The number of amides is 1. The molecule has 3 atom stereocenters. The smallest absolute Gasteiger partial charge is 0.307 e. The zero-order valence-corrected chi connectivity index (χ0v) is 12.9. The number of benzene rings is 1. The van der Waals surface area contributed by atoms with Crippen LogP contribution in [0.2, 0.25) is 0 Å². The number of carboxylic acid groups (broad SMARTS) is 1. The van der Waals surface area contributed by atoms with Gasteiger partial charge in [0.2, 0.25) is 5.91 Å². The Kier molecular flexibility index (Phi) is 4.81. The van der Waals surface area contributed by atoms with Gasteiger partial charge in [0.25, 0.3) is 0 Å². The van der Waals surface area contributed by atoms with Gasteiger partial charge in [-0.15, -0.1) is 0 Å². The summed E-state index contributed by atoms with van der Waals surface area (Å²) in [6, 6.07) is 8.17. The summed E-state index contributed by atoms with van der Waals surface area (Å²) in [6.45, 7) is 1.95. The van der Waals surface area contributed by atoms with E-state index in [1.807, 2.05) is 19.1 Å². The molecule has 1 aliphatic rings. The summed E-state index contributed by atoms with van der Waals surface area (Å²) in [5.41, 5.74) is 1.23. The van der Waals surface area contributed by atoms with Crippen molar-refractivity contribution in [2.24, 2.45) is 11.8 Å². The lowest BCUT2D eigenvalue weighted by molar-refractivity contribution is -0.140. The number of carbonyl (C=O) groups excluding carboxylic acids is 1. The van der Waals surface area contributed by atoms with Crippen molar-refractivity contribution in [3.63, 3.8) is 0 Å². The lowest BCUT2D eigenvalue weighted by Gasteiger charge is -2.13. The summed E-state index contributed by atoms with van der Waals surface area (Å²) < 4.78 is 1.05. The molecule has 0 aliphatic heterocycles. The van der Waals surface area contributed by atoms with Crippen molar-refractivity contribution < 1.29 is 14.7 Å². The number of nitrogens with one attached hydrogen (secondary N) is 1. The first kappa shape index (κ1) is 15.0. The number of hydrogen-bond acceptors (Lipinski definition) is 2. The van der Waals surface area contributed by atoms with Gasteiger partial charge in [-0.05, 0) is 43.9 Å². The normalized spacial score (nSPS) is 22.1. The number of carboxylic acids is 1. The molecule has 1 fully saturated rings. The highest BCUT2D eigenvalue weighted by Crippen LogP contribution is 2.38. The third-order valence-electron chi connectivity index (χ3n) is 3.61. The number of aliphatic carboxylic acids is 1. The van der Waals surface area contributed by atoms with E-state index in [2.05, 4.69) is 33.4 Å². The van der Waals surface area contributed by atoms with Crippen LogP contribution in [0.4, 0.5) is 0 Å². The van der Waals surface area contributed by atoms with Gasteiger partial charge in [-0.3, -0.25) is 9.59 Å². The van der Waals surface area contributed by atoms with Crippen LogP contribution < -0.4 is 5.32 Å². The lowest BCUT2D eigenvalue weighted by Crippen LogP contribution is -2.34. The molecule has 0 aromatic heterocycles. The van der Waals surface area contributed by atoms with Crippen molar-refractivity contribution in [3.8, 4) is 0 Å². The van der Waals surface area contributed by atoms with Crippen LogP contribution in [0.25, 0.3) is 0 Å². The fourth-order valence-electron chi connectivity index (χ4n) is 2.21. The largest absolute Gasteiger partial charge is 0.481 e. The van der Waals surface area contributed by atoms with Crippen LogP contribution in [-0.2, 0) is 16.0 Å². The predicted molar refractivity (Wildman–Crippen MR) is 79.3 cm³/mol. The molecule has 0 spiro atoms. The van der Waals surface area contributed by atoms with Gasteiger partial charge in [-0.2, -0.15) is 0 Å². The summed E-state index contributed by atoms with van der Waals surface area (Å²) in [4.78, 5) is 22.5. The molecule has 20 heavy (non-hydrogen) atoms. The fourth-order valence-corrected chi connectivity index (χ4v) is 2.48. The van der Waals surface area contributed by atoms with Crippen LogP contribution in [0.1, 0.15) is 25.3 Å². The maximum atomic E-state index is 11.8. The minimum absolute atomic E-state index is 0.0567. The Labute approximate surface area is 126 Å². The first-order valence-electron chi connectivity index (χ1n) is 6.75. The van der Waals surface area contributed by atoms with Crippen molar-refractivity contribution in [3.05, 3.63) is 34.3 Å². The average molecular weight is 340 g/mol. The van der Waals surface area contributed by atoms with Crippen LogP contribution in [0.15, 0.2) is 28.7 Å². The minimum Gasteiger partial charge on any atom is -0.481 e. The Morgan fingerprint density at radius 2 is 2.00 bits per heavy atom. The molecule has 0 radical (unpaired) electrons. The second-order valence-electron chi connectivity index (χ2n) is 5.36. The third kappa shape index (κ3) is 4.07. The van der Waals surface area contributed by atoms with Gasteiger partial charge in [0, 0.05) is 10.5 Å². The number of hydrogen-bond donors (Lipinski definition) is 2. The number of rotatable bonds is 6. The quantitative estimate of drug-likeness (QED) is 0.837. The van der Waals surface area contributed by atoms with Crippen LogP contribution >= 0.6 is 15.9 Å². The van der Waals surface area contributed by atoms with Crippen molar-refractivity contribution >= 4 is 27.8 Å². The van der Waals surface area contributed by atoms with Gasteiger partial charge in [0.15, 0.2) is 0 Å². The molecule has 2 N–H and O–H groups in total. The molecule has 1 amide bonds. The Bertz CT molecular complexity index is 500. The molecule has 1 aromatic rings. The first-order valence-corrected chi connectivity index (χ1v) is 7.54. The molecule has 0 bridgehead atoms. The molecule has 1 aromatic carbocycles. The lowest BCUT2D eigenvalue weighted by atomic mass is 10.1. The maximum absolute atomic E-state index is 11.8. The van der Waals surface area contributed by atoms with E-state index >= 15 is 0 Å². The summed E-state index contributed by atoms with van der Waals surface area (Å²) in [7, 11) is 0. The minimum atomic E-state index is -0.868. The van der Waals surface area contributed by atoms with Crippen LogP contribution in [0.3, 0.4) is 0 Å². The zero-order chi connectivity index (χ0) is 14.7. The van der Waals surface area contributed by atoms with E-state index in [1.54, 1.807) is 0 Å². The Morgan fingerprint density at radius 1 is 1.35 bits per heavy atom. The van der Waals surface area contributed by atoms with E-state index in [-0.39, 0.29) is 17.9 Å². The monoisotopic (exact) mass is 339 g/mol. The highest BCUT2D eigenvalue weighted by atomic mass is 79.9. The highest BCUT2D eigenvalue weighted by molar-refractivity contribution is 9.10. The summed E-state index contributed by atoms with van der Waals surface area (Å²) in [5.74, 6) is -1.80. The standard InChI is InChI=1S/C15H18BrNO3/c1-9(2-3-10-4-6-11(16)7-5-10)17-14(18)12-8-13(12)15(19)20/h4-7,9,12-13H,2-3,8H2,1H3,(H,17,18)(H,19,20). The molecular weight excluding hydrogens is 322 g/mol. The van der Waals surface area contributed by atoms with Crippen molar-refractivity contribution in [1.29, 1.82) is 0 Å². The first-order chi connectivity index (χ1) is 9.47. The fraction of sp³-hybridized carbons (Fsp3) is 0.467. The second-order valence-corrected chi connectivity index (χ2v) is 6.28. The maximum Gasteiger partial charge on any atom is 0.307 e. The van der Waals surface area contributed by atoms with Gasteiger partial charge in [0.05, 0.1) is 11.8 Å². The van der Waals surface area contributed by atoms with E-state index in [1.165, 1.54) is 5.56 Å². The second kappa shape index (κ2) is 6.39.